The Morgan fingerprint density at radius 1 is 1.16 bits per heavy atom. The van der Waals surface area contributed by atoms with Crippen molar-refractivity contribution in [3.8, 4) is 0 Å². The van der Waals surface area contributed by atoms with Crippen LogP contribution in [0.4, 0.5) is 4.39 Å². The first-order valence-corrected chi connectivity index (χ1v) is 8.32. The molecule has 2 aromatic carbocycles. The molecule has 2 rings (SSSR count). The molecule has 1 unspecified atom stereocenters. The van der Waals surface area contributed by atoms with Crippen LogP contribution in [0.3, 0.4) is 0 Å². The van der Waals surface area contributed by atoms with Crippen molar-refractivity contribution >= 4 is 11.5 Å². The van der Waals surface area contributed by atoms with Crippen LogP contribution < -0.4 is 5.73 Å². The van der Waals surface area contributed by atoms with E-state index in [0.717, 1.165) is 5.56 Å². The molecule has 3 nitrogen and oxygen atoms in total. The third kappa shape index (κ3) is 4.77. The Morgan fingerprint density at radius 2 is 1.80 bits per heavy atom. The molecule has 2 N–H and O–H groups in total. The molecule has 0 amide bonds. The van der Waals surface area contributed by atoms with Crippen LogP contribution in [0.15, 0.2) is 54.6 Å². The summed E-state index contributed by atoms with van der Waals surface area (Å²) in [6.07, 6.45) is 2.06. The number of benzene rings is 2. The summed E-state index contributed by atoms with van der Waals surface area (Å²) in [7, 11) is 1.30. The van der Waals surface area contributed by atoms with Gasteiger partial charge in [0.1, 0.15) is 11.9 Å². The van der Waals surface area contributed by atoms with Crippen molar-refractivity contribution in [3.05, 3.63) is 77.1 Å². The van der Waals surface area contributed by atoms with Crippen LogP contribution in [-0.2, 0) is 9.53 Å². The number of esters is 1. The smallest absolute Gasteiger partial charge is 0.322 e. The molecule has 0 aromatic heterocycles. The average Bonchev–Trinajstić information content (AvgIpc) is 2.62. The van der Waals surface area contributed by atoms with Crippen LogP contribution in [0.25, 0.3) is 5.57 Å². The molecule has 1 atom stereocenters. The number of ether oxygens (including phenoxy) is 1. The zero-order chi connectivity index (χ0) is 18.4. The fraction of sp³-hybridized carbons (Fsp3) is 0.286. The zero-order valence-corrected chi connectivity index (χ0v) is 14.8. The highest BCUT2D eigenvalue weighted by Gasteiger charge is 2.15. The van der Waals surface area contributed by atoms with Crippen LogP contribution >= 0.6 is 0 Å². The molecule has 0 saturated heterocycles. The maximum atomic E-state index is 14.3. The third-order valence-corrected chi connectivity index (χ3v) is 4.13. The summed E-state index contributed by atoms with van der Waals surface area (Å²) in [4.78, 5) is 11.5. The second kappa shape index (κ2) is 8.58. The zero-order valence-electron chi connectivity index (χ0n) is 14.8. The number of nitrogens with two attached hydrogens (primary N) is 1. The van der Waals surface area contributed by atoms with Gasteiger partial charge in [-0.1, -0.05) is 62.4 Å². The fourth-order valence-electron chi connectivity index (χ4n) is 2.60. The van der Waals surface area contributed by atoms with Crippen LogP contribution in [0, 0.1) is 5.82 Å². The predicted molar refractivity (Wildman–Crippen MR) is 98.6 cm³/mol. The van der Waals surface area contributed by atoms with Crippen LogP contribution in [0.1, 0.15) is 42.9 Å². The van der Waals surface area contributed by atoms with E-state index in [1.54, 1.807) is 24.3 Å². The molecule has 2 aromatic rings. The third-order valence-electron chi connectivity index (χ3n) is 4.13. The minimum Gasteiger partial charge on any atom is -0.468 e. The monoisotopic (exact) mass is 341 g/mol. The Labute approximate surface area is 148 Å². The van der Waals surface area contributed by atoms with E-state index in [9.17, 15) is 9.18 Å². The fourth-order valence-corrected chi connectivity index (χ4v) is 2.60. The Morgan fingerprint density at radius 3 is 2.36 bits per heavy atom. The molecule has 0 fully saturated rings. The van der Waals surface area contributed by atoms with Crippen molar-refractivity contribution in [2.75, 3.05) is 7.11 Å². The van der Waals surface area contributed by atoms with Gasteiger partial charge in [-0.25, -0.2) is 4.39 Å². The van der Waals surface area contributed by atoms with Gasteiger partial charge < -0.3 is 10.5 Å². The summed E-state index contributed by atoms with van der Waals surface area (Å²) in [6.45, 7) is 4.25. The van der Waals surface area contributed by atoms with Crippen LogP contribution in [-0.4, -0.2) is 19.1 Å². The van der Waals surface area contributed by atoms with Crippen molar-refractivity contribution in [3.63, 3.8) is 0 Å². The summed E-state index contributed by atoms with van der Waals surface area (Å²) in [6, 6.07) is 13.8. The minimum atomic E-state index is -0.776. The van der Waals surface area contributed by atoms with Gasteiger partial charge in [0.25, 0.3) is 0 Å². The van der Waals surface area contributed by atoms with Gasteiger partial charge >= 0.3 is 5.97 Å². The molecule has 0 spiro atoms. The highest BCUT2D eigenvalue weighted by atomic mass is 19.1. The largest absolute Gasteiger partial charge is 0.468 e. The van der Waals surface area contributed by atoms with E-state index in [1.165, 1.54) is 18.7 Å². The summed E-state index contributed by atoms with van der Waals surface area (Å²) in [5.41, 5.74) is 9.11. The van der Waals surface area contributed by atoms with Gasteiger partial charge in [-0.3, -0.25) is 4.79 Å². The number of hydrogen-bond donors (Lipinski definition) is 1. The molecular weight excluding hydrogens is 317 g/mol. The summed E-state index contributed by atoms with van der Waals surface area (Å²) < 4.78 is 19.0. The first-order valence-electron chi connectivity index (χ1n) is 8.32. The maximum absolute atomic E-state index is 14.3. The summed E-state index contributed by atoms with van der Waals surface area (Å²) in [5.74, 6) is -0.379. The molecule has 0 saturated carbocycles. The predicted octanol–water partition coefficient (Wildman–Crippen LogP) is 4.27. The summed E-state index contributed by atoms with van der Waals surface area (Å²) in [5, 5.41) is 0. The average molecular weight is 341 g/mol. The standard InChI is InChI=1S/C21H24FNO2/c1-14(2)15-8-10-16(11-9-15)17(12-13-20(23)21(24)25-3)18-6-4-5-7-19(18)22/h4-12,14,20H,13,23H2,1-3H3. The first kappa shape index (κ1) is 18.9. The molecule has 0 bridgehead atoms. The second-order valence-electron chi connectivity index (χ2n) is 6.24. The number of carbonyl (C=O) groups is 1. The number of carbonyl (C=O) groups excluding carboxylic acids is 1. The van der Waals surface area contributed by atoms with Crippen LogP contribution in [0.2, 0.25) is 0 Å². The van der Waals surface area contributed by atoms with Crippen molar-refractivity contribution in [2.24, 2.45) is 5.73 Å². The summed E-state index contributed by atoms with van der Waals surface area (Å²) >= 11 is 0. The lowest BCUT2D eigenvalue weighted by atomic mass is 9.93. The lowest BCUT2D eigenvalue weighted by Crippen LogP contribution is -2.30. The van der Waals surface area contributed by atoms with Crippen molar-refractivity contribution in [2.45, 2.75) is 32.2 Å². The first-order chi connectivity index (χ1) is 11.9. The Bertz CT molecular complexity index is 751. The molecule has 4 heteroatoms. The van der Waals surface area contributed by atoms with Gasteiger partial charge in [-0.2, -0.15) is 0 Å². The lowest BCUT2D eigenvalue weighted by Gasteiger charge is -2.13. The molecule has 0 radical (unpaired) electrons. The Balaban J connectivity index is 2.42. The number of methoxy groups -OCH3 is 1. The normalized spacial score (nSPS) is 13.0. The second-order valence-corrected chi connectivity index (χ2v) is 6.24. The number of halogens is 1. The van der Waals surface area contributed by atoms with E-state index < -0.39 is 12.0 Å². The Kier molecular flexibility index (Phi) is 6.48. The van der Waals surface area contributed by atoms with Crippen molar-refractivity contribution in [1.82, 2.24) is 0 Å². The van der Waals surface area contributed by atoms with Crippen LogP contribution in [0.5, 0.6) is 0 Å². The van der Waals surface area contributed by atoms with Gasteiger partial charge in [0.05, 0.1) is 7.11 Å². The van der Waals surface area contributed by atoms with Gasteiger partial charge in [0, 0.05) is 5.56 Å². The molecule has 0 aliphatic rings. The van der Waals surface area contributed by atoms with E-state index >= 15 is 0 Å². The van der Waals surface area contributed by atoms with Gasteiger partial charge in [-0.15, -0.1) is 0 Å². The minimum absolute atomic E-state index is 0.266. The SMILES string of the molecule is COC(=O)C(N)CC=C(c1ccc(C(C)C)cc1)c1ccccc1F. The van der Waals surface area contributed by atoms with Gasteiger partial charge in [-0.05, 0) is 35.1 Å². The molecule has 132 valence electrons. The van der Waals surface area contributed by atoms with E-state index in [0.29, 0.717) is 17.1 Å². The highest BCUT2D eigenvalue weighted by Crippen LogP contribution is 2.28. The number of rotatable bonds is 6. The molecule has 0 aliphatic heterocycles. The quantitative estimate of drug-likeness (QED) is 0.798. The van der Waals surface area contributed by atoms with E-state index in [2.05, 4.69) is 18.6 Å². The molecular formula is C21H24FNO2. The van der Waals surface area contributed by atoms with E-state index in [4.69, 9.17) is 5.73 Å². The maximum Gasteiger partial charge on any atom is 0.322 e. The van der Waals surface area contributed by atoms with Crippen molar-refractivity contribution < 1.29 is 13.9 Å². The molecule has 0 heterocycles. The molecule has 0 aliphatic carbocycles. The van der Waals surface area contributed by atoms with Crippen molar-refractivity contribution in [1.29, 1.82) is 0 Å². The van der Waals surface area contributed by atoms with E-state index in [1.807, 2.05) is 24.3 Å². The van der Waals surface area contributed by atoms with E-state index in [-0.39, 0.29) is 12.2 Å². The lowest BCUT2D eigenvalue weighted by molar-refractivity contribution is -0.142. The highest BCUT2D eigenvalue weighted by molar-refractivity contribution is 5.81. The van der Waals surface area contributed by atoms with Gasteiger partial charge in [0.2, 0.25) is 0 Å². The number of hydrogen-bond acceptors (Lipinski definition) is 3. The van der Waals surface area contributed by atoms with Gasteiger partial charge in [0.15, 0.2) is 0 Å². The molecule has 25 heavy (non-hydrogen) atoms. The topological polar surface area (TPSA) is 52.3 Å². The Hall–Kier alpha value is -2.46.